The Morgan fingerprint density at radius 2 is 2.24 bits per heavy atom. The molecule has 6 heteroatoms. The van der Waals surface area contributed by atoms with Crippen LogP contribution in [0.3, 0.4) is 0 Å². The molecule has 0 aromatic carbocycles. The lowest BCUT2D eigenvalue weighted by atomic mass is 9.79. The fourth-order valence-corrected chi connectivity index (χ4v) is 3.80. The molecule has 3 heterocycles. The van der Waals surface area contributed by atoms with Crippen molar-refractivity contribution in [3.8, 4) is 0 Å². The van der Waals surface area contributed by atoms with Crippen molar-refractivity contribution in [2.24, 2.45) is 0 Å². The average Bonchev–Trinajstić information content (AvgIpc) is 2.92. The molecule has 21 heavy (non-hydrogen) atoms. The van der Waals surface area contributed by atoms with Crippen LogP contribution >= 0.6 is 0 Å². The van der Waals surface area contributed by atoms with E-state index in [2.05, 4.69) is 25.4 Å². The number of aromatic nitrogens is 3. The first-order valence-corrected chi connectivity index (χ1v) is 8.17. The van der Waals surface area contributed by atoms with Gasteiger partial charge < -0.3 is 10.4 Å². The van der Waals surface area contributed by atoms with Crippen molar-refractivity contribution in [2.45, 2.75) is 63.6 Å². The third kappa shape index (κ3) is 3.12. The van der Waals surface area contributed by atoms with Crippen molar-refractivity contribution >= 4 is 0 Å². The number of hydrogen-bond acceptors (Lipinski definition) is 5. The molecule has 1 aromatic heterocycles. The Kier molecular flexibility index (Phi) is 4.28. The Labute approximate surface area is 126 Å². The van der Waals surface area contributed by atoms with E-state index in [1.807, 2.05) is 13.8 Å². The van der Waals surface area contributed by atoms with Gasteiger partial charge >= 0.3 is 0 Å². The third-order valence-electron chi connectivity index (χ3n) is 5.01. The topological polar surface area (TPSA) is 77.1 Å². The molecule has 6 nitrogen and oxygen atoms in total. The zero-order chi connectivity index (χ0) is 14.9. The first-order chi connectivity index (χ1) is 10.1. The predicted molar refractivity (Wildman–Crippen MR) is 80.9 cm³/mol. The van der Waals surface area contributed by atoms with Crippen molar-refractivity contribution in [3.63, 3.8) is 0 Å². The molecule has 0 unspecified atom stereocenters. The summed E-state index contributed by atoms with van der Waals surface area (Å²) in [6.07, 6.45) is 5.60. The summed E-state index contributed by atoms with van der Waals surface area (Å²) in [4.78, 5) is 6.84. The maximum atomic E-state index is 11.1. The predicted octanol–water partition coefficient (Wildman–Crippen LogP) is 1.14. The highest BCUT2D eigenvalue weighted by Crippen LogP contribution is 2.34. The molecule has 3 rings (SSSR count). The fraction of sp³-hybridized carbons (Fsp3) is 0.867. The lowest BCUT2D eigenvalue weighted by Crippen LogP contribution is -2.62. The zero-order valence-corrected chi connectivity index (χ0v) is 13.1. The number of rotatable bonds is 4. The molecule has 3 N–H and O–H groups in total. The molecule has 0 bridgehead atoms. The number of fused-ring (bicyclic) bond motifs is 1. The van der Waals surface area contributed by atoms with E-state index < -0.39 is 5.60 Å². The summed E-state index contributed by atoms with van der Waals surface area (Å²) in [7, 11) is 0. The van der Waals surface area contributed by atoms with E-state index in [1.165, 1.54) is 12.8 Å². The van der Waals surface area contributed by atoms with Crippen LogP contribution in [-0.4, -0.2) is 56.5 Å². The second-order valence-electron chi connectivity index (χ2n) is 6.64. The highest BCUT2D eigenvalue weighted by Gasteiger charge is 2.43. The number of aliphatic hydroxyl groups is 1. The van der Waals surface area contributed by atoms with Crippen molar-refractivity contribution in [2.75, 3.05) is 19.6 Å². The summed E-state index contributed by atoms with van der Waals surface area (Å²) < 4.78 is 0. The average molecular weight is 293 g/mol. The molecule has 118 valence electrons. The standard InChI is InChI=1S/C15H27N5O/c1-11(14-17-12(2)18-19-14)16-10-15(21)7-5-9-20-8-4-3-6-13(15)20/h11,13,16,21H,3-10H2,1-2H3,(H,17,18,19)/t11-,13-,15-/m1/s1. The molecule has 3 atom stereocenters. The van der Waals surface area contributed by atoms with Gasteiger partial charge in [-0.2, -0.15) is 5.10 Å². The zero-order valence-electron chi connectivity index (χ0n) is 13.1. The van der Waals surface area contributed by atoms with Crippen LogP contribution in [-0.2, 0) is 0 Å². The van der Waals surface area contributed by atoms with E-state index in [0.717, 1.165) is 44.0 Å². The van der Waals surface area contributed by atoms with E-state index in [4.69, 9.17) is 0 Å². The summed E-state index contributed by atoms with van der Waals surface area (Å²) in [6, 6.07) is 0.367. The van der Waals surface area contributed by atoms with Crippen LogP contribution in [0.15, 0.2) is 0 Å². The summed E-state index contributed by atoms with van der Waals surface area (Å²) in [5.41, 5.74) is -0.613. The van der Waals surface area contributed by atoms with Crippen LogP contribution in [0, 0.1) is 6.92 Å². The van der Waals surface area contributed by atoms with Crippen LogP contribution in [0.25, 0.3) is 0 Å². The van der Waals surface area contributed by atoms with Gasteiger partial charge in [0.05, 0.1) is 11.6 Å². The SMILES string of the molecule is Cc1nc([C@@H](C)NC[C@]2(O)CCCN3CCCC[C@@H]32)n[nH]1. The van der Waals surface area contributed by atoms with Gasteiger partial charge in [0.25, 0.3) is 0 Å². The van der Waals surface area contributed by atoms with E-state index >= 15 is 0 Å². The molecular formula is C15H27N5O. The van der Waals surface area contributed by atoms with Gasteiger partial charge in [-0.3, -0.25) is 10.00 Å². The van der Waals surface area contributed by atoms with E-state index in [0.29, 0.717) is 12.6 Å². The van der Waals surface area contributed by atoms with Gasteiger partial charge in [0, 0.05) is 12.6 Å². The summed E-state index contributed by atoms with van der Waals surface area (Å²) >= 11 is 0. The third-order valence-corrected chi connectivity index (χ3v) is 5.01. The Bertz CT molecular complexity index is 474. The molecule has 0 radical (unpaired) electrons. The van der Waals surface area contributed by atoms with Gasteiger partial charge in [0.1, 0.15) is 5.82 Å². The number of piperidine rings is 2. The molecule has 2 saturated heterocycles. The van der Waals surface area contributed by atoms with E-state index in [1.54, 1.807) is 0 Å². The van der Waals surface area contributed by atoms with Crippen molar-refractivity contribution in [1.82, 2.24) is 25.4 Å². The van der Waals surface area contributed by atoms with Gasteiger partial charge in [-0.1, -0.05) is 6.42 Å². The van der Waals surface area contributed by atoms with Crippen LogP contribution in [0.2, 0.25) is 0 Å². The molecule has 0 aliphatic carbocycles. The normalized spacial score (nSPS) is 31.9. The van der Waals surface area contributed by atoms with Crippen LogP contribution < -0.4 is 5.32 Å². The maximum absolute atomic E-state index is 11.1. The van der Waals surface area contributed by atoms with Crippen molar-refractivity contribution in [3.05, 3.63) is 11.6 Å². The molecule has 2 fully saturated rings. The molecule has 1 aromatic rings. The molecule has 2 aliphatic heterocycles. The fourth-order valence-electron chi connectivity index (χ4n) is 3.80. The molecule has 0 amide bonds. The second kappa shape index (κ2) is 6.02. The monoisotopic (exact) mass is 293 g/mol. The molecule has 0 spiro atoms. The number of nitrogens with one attached hydrogen (secondary N) is 2. The minimum atomic E-state index is -0.613. The van der Waals surface area contributed by atoms with Gasteiger partial charge in [-0.05, 0) is 52.6 Å². The summed E-state index contributed by atoms with van der Waals surface area (Å²) in [5, 5.41) is 21.6. The number of H-pyrrole nitrogens is 1. The first-order valence-electron chi connectivity index (χ1n) is 8.17. The largest absolute Gasteiger partial charge is 0.387 e. The Morgan fingerprint density at radius 3 is 3.00 bits per heavy atom. The minimum absolute atomic E-state index is 0.0537. The lowest BCUT2D eigenvalue weighted by molar-refractivity contribution is -0.0928. The second-order valence-corrected chi connectivity index (χ2v) is 6.64. The minimum Gasteiger partial charge on any atom is -0.387 e. The first kappa shape index (κ1) is 14.9. The van der Waals surface area contributed by atoms with Crippen LogP contribution in [0.1, 0.15) is 56.7 Å². The number of hydrogen-bond donors (Lipinski definition) is 3. The van der Waals surface area contributed by atoms with E-state index in [-0.39, 0.29) is 6.04 Å². The molecule has 2 aliphatic rings. The smallest absolute Gasteiger partial charge is 0.167 e. The number of aromatic amines is 1. The quantitative estimate of drug-likeness (QED) is 0.776. The Hall–Kier alpha value is -0.980. The highest BCUT2D eigenvalue weighted by atomic mass is 16.3. The lowest BCUT2D eigenvalue weighted by Gasteiger charge is -2.49. The number of aryl methyl sites for hydroxylation is 1. The van der Waals surface area contributed by atoms with Crippen molar-refractivity contribution in [1.29, 1.82) is 0 Å². The molecule has 0 saturated carbocycles. The summed E-state index contributed by atoms with van der Waals surface area (Å²) in [5.74, 6) is 1.60. The maximum Gasteiger partial charge on any atom is 0.167 e. The van der Waals surface area contributed by atoms with E-state index in [9.17, 15) is 5.11 Å². The Morgan fingerprint density at radius 1 is 1.43 bits per heavy atom. The Balaban J connectivity index is 1.62. The van der Waals surface area contributed by atoms with Gasteiger partial charge in [0.2, 0.25) is 0 Å². The highest BCUT2D eigenvalue weighted by molar-refractivity contribution is 5.01. The van der Waals surface area contributed by atoms with Crippen molar-refractivity contribution < 1.29 is 5.11 Å². The number of nitrogens with zero attached hydrogens (tertiary/aromatic N) is 3. The van der Waals surface area contributed by atoms with Crippen LogP contribution in [0.4, 0.5) is 0 Å². The molecular weight excluding hydrogens is 266 g/mol. The summed E-state index contributed by atoms with van der Waals surface area (Å²) in [6.45, 7) is 6.85. The van der Waals surface area contributed by atoms with Gasteiger partial charge in [0.15, 0.2) is 5.82 Å². The van der Waals surface area contributed by atoms with Gasteiger partial charge in [-0.15, -0.1) is 0 Å². The van der Waals surface area contributed by atoms with Gasteiger partial charge in [-0.25, -0.2) is 4.98 Å². The van der Waals surface area contributed by atoms with Crippen LogP contribution in [0.5, 0.6) is 0 Å².